The van der Waals surface area contributed by atoms with Crippen LogP contribution in [0.15, 0.2) is 0 Å². The van der Waals surface area contributed by atoms with Crippen LogP contribution < -0.4 is 10.1 Å². The van der Waals surface area contributed by atoms with Crippen molar-refractivity contribution >= 4 is 0 Å². The van der Waals surface area contributed by atoms with Gasteiger partial charge in [-0.2, -0.15) is 5.10 Å². The van der Waals surface area contributed by atoms with Crippen LogP contribution in [-0.4, -0.2) is 47.5 Å². The molecule has 1 unspecified atom stereocenters. The van der Waals surface area contributed by atoms with Crippen LogP contribution in [0.1, 0.15) is 31.5 Å². The van der Waals surface area contributed by atoms with E-state index in [0.717, 1.165) is 30.6 Å². The van der Waals surface area contributed by atoms with Gasteiger partial charge in [0, 0.05) is 26.2 Å². The van der Waals surface area contributed by atoms with Crippen LogP contribution in [0.4, 0.5) is 0 Å². The van der Waals surface area contributed by atoms with E-state index >= 15 is 0 Å². The molecule has 1 aliphatic rings. The van der Waals surface area contributed by atoms with Crippen molar-refractivity contribution in [3.63, 3.8) is 0 Å². The van der Waals surface area contributed by atoms with Gasteiger partial charge in [-0.3, -0.25) is 0 Å². The summed E-state index contributed by atoms with van der Waals surface area (Å²) in [6.45, 7) is 10.9. The Morgan fingerprint density at radius 3 is 2.80 bits per heavy atom. The molecule has 0 spiro atoms. The standard InChI is InChI=1S/C15H28N4O/c1-11(2)19-7-6-13(10-19)8-16-9-14-12(3)17-18(4)15(14)20-5/h11,13,16H,6-10H2,1-5H3. The monoisotopic (exact) mass is 280 g/mol. The zero-order chi connectivity index (χ0) is 14.7. The van der Waals surface area contributed by atoms with Crippen molar-refractivity contribution in [2.24, 2.45) is 13.0 Å². The third-order valence-corrected chi connectivity index (χ3v) is 4.26. The Labute approximate surface area is 122 Å². The van der Waals surface area contributed by atoms with Gasteiger partial charge in [0.1, 0.15) is 0 Å². The highest BCUT2D eigenvalue weighted by atomic mass is 16.5. The van der Waals surface area contributed by atoms with Crippen LogP contribution in [0.2, 0.25) is 0 Å². The molecule has 114 valence electrons. The lowest BCUT2D eigenvalue weighted by Crippen LogP contribution is -2.30. The molecular weight excluding hydrogens is 252 g/mol. The van der Waals surface area contributed by atoms with Gasteiger partial charge in [0.2, 0.25) is 5.88 Å². The van der Waals surface area contributed by atoms with E-state index in [9.17, 15) is 0 Å². The molecular formula is C15H28N4O. The van der Waals surface area contributed by atoms with E-state index in [1.54, 1.807) is 7.11 Å². The van der Waals surface area contributed by atoms with Crippen LogP contribution in [0.3, 0.4) is 0 Å². The van der Waals surface area contributed by atoms with Crippen molar-refractivity contribution in [2.75, 3.05) is 26.7 Å². The smallest absolute Gasteiger partial charge is 0.216 e. The molecule has 1 aliphatic heterocycles. The Balaban J connectivity index is 1.82. The first-order valence-electron chi connectivity index (χ1n) is 7.54. The van der Waals surface area contributed by atoms with Crippen LogP contribution in [0, 0.1) is 12.8 Å². The Morgan fingerprint density at radius 2 is 2.20 bits per heavy atom. The maximum atomic E-state index is 5.42. The highest BCUT2D eigenvalue weighted by molar-refractivity contribution is 5.30. The number of methoxy groups -OCH3 is 1. The summed E-state index contributed by atoms with van der Waals surface area (Å²) in [6.07, 6.45) is 1.30. The highest BCUT2D eigenvalue weighted by Crippen LogP contribution is 2.21. The fraction of sp³-hybridized carbons (Fsp3) is 0.800. The van der Waals surface area contributed by atoms with Gasteiger partial charge in [-0.1, -0.05) is 0 Å². The molecule has 1 atom stereocenters. The molecule has 1 saturated heterocycles. The molecule has 5 nitrogen and oxygen atoms in total. The number of rotatable bonds is 6. The minimum atomic E-state index is 0.667. The third-order valence-electron chi connectivity index (χ3n) is 4.26. The first kappa shape index (κ1) is 15.3. The van der Waals surface area contributed by atoms with Gasteiger partial charge in [0.25, 0.3) is 0 Å². The van der Waals surface area contributed by atoms with Gasteiger partial charge in [-0.15, -0.1) is 0 Å². The van der Waals surface area contributed by atoms with Gasteiger partial charge in [-0.05, 0) is 46.2 Å². The van der Waals surface area contributed by atoms with E-state index in [1.807, 2.05) is 18.7 Å². The van der Waals surface area contributed by atoms with E-state index in [2.05, 4.69) is 29.2 Å². The van der Waals surface area contributed by atoms with E-state index in [0.29, 0.717) is 6.04 Å². The third kappa shape index (κ3) is 3.33. The molecule has 1 fully saturated rings. The van der Waals surface area contributed by atoms with Crippen molar-refractivity contribution in [3.8, 4) is 5.88 Å². The molecule has 0 radical (unpaired) electrons. The second-order valence-electron chi connectivity index (χ2n) is 6.07. The van der Waals surface area contributed by atoms with Crippen molar-refractivity contribution in [1.82, 2.24) is 20.0 Å². The molecule has 0 saturated carbocycles. The fourth-order valence-electron chi connectivity index (χ4n) is 3.04. The summed E-state index contributed by atoms with van der Waals surface area (Å²) in [5.74, 6) is 1.63. The summed E-state index contributed by atoms with van der Waals surface area (Å²) in [6, 6.07) is 0.667. The topological polar surface area (TPSA) is 42.3 Å². The lowest BCUT2D eigenvalue weighted by atomic mass is 10.1. The number of hydrogen-bond acceptors (Lipinski definition) is 4. The lowest BCUT2D eigenvalue weighted by molar-refractivity contribution is 0.264. The minimum Gasteiger partial charge on any atom is -0.481 e. The first-order valence-corrected chi connectivity index (χ1v) is 7.54. The number of nitrogens with zero attached hydrogens (tertiary/aromatic N) is 3. The summed E-state index contributed by atoms with van der Waals surface area (Å²) < 4.78 is 7.23. The van der Waals surface area contributed by atoms with Gasteiger partial charge in [0.15, 0.2) is 0 Å². The van der Waals surface area contributed by atoms with Crippen LogP contribution in [0.5, 0.6) is 5.88 Å². The van der Waals surface area contributed by atoms with Gasteiger partial charge < -0.3 is 15.0 Å². The number of nitrogens with one attached hydrogen (secondary N) is 1. The average molecular weight is 280 g/mol. The van der Waals surface area contributed by atoms with Crippen LogP contribution >= 0.6 is 0 Å². The minimum absolute atomic E-state index is 0.667. The number of hydrogen-bond donors (Lipinski definition) is 1. The Kier molecular flexibility index (Phi) is 5.05. The Morgan fingerprint density at radius 1 is 1.45 bits per heavy atom. The summed E-state index contributed by atoms with van der Waals surface area (Å²) >= 11 is 0. The number of ether oxygens (including phenoxy) is 1. The molecule has 0 amide bonds. The molecule has 20 heavy (non-hydrogen) atoms. The number of aromatic nitrogens is 2. The quantitative estimate of drug-likeness (QED) is 0.858. The molecule has 1 aromatic heterocycles. The highest BCUT2D eigenvalue weighted by Gasteiger charge is 2.24. The molecule has 0 aromatic carbocycles. The Hall–Kier alpha value is -1.07. The molecule has 5 heteroatoms. The van der Waals surface area contributed by atoms with Crippen molar-refractivity contribution < 1.29 is 4.74 Å². The molecule has 0 bridgehead atoms. The Bertz CT molecular complexity index is 441. The van der Waals surface area contributed by atoms with Crippen molar-refractivity contribution in [2.45, 2.75) is 39.8 Å². The van der Waals surface area contributed by atoms with Crippen molar-refractivity contribution in [1.29, 1.82) is 0 Å². The SMILES string of the molecule is COc1c(CNCC2CCN(C(C)C)C2)c(C)nn1C. The summed E-state index contributed by atoms with van der Waals surface area (Å²) in [7, 11) is 3.63. The zero-order valence-electron chi connectivity index (χ0n) is 13.4. The van der Waals surface area contributed by atoms with E-state index in [4.69, 9.17) is 4.74 Å². The second-order valence-corrected chi connectivity index (χ2v) is 6.07. The maximum absolute atomic E-state index is 5.42. The summed E-state index contributed by atoms with van der Waals surface area (Å²) in [5.41, 5.74) is 2.22. The van der Waals surface area contributed by atoms with E-state index in [-0.39, 0.29) is 0 Å². The molecule has 2 heterocycles. The lowest BCUT2D eigenvalue weighted by Gasteiger charge is -2.20. The predicted octanol–water partition coefficient (Wildman–Crippen LogP) is 1.56. The normalized spacial score (nSPS) is 20.0. The second kappa shape index (κ2) is 6.59. The number of likely N-dealkylation sites (tertiary alicyclic amines) is 1. The van der Waals surface area contributed by atoms with Gasteiger partial charge in [0.05, 0.1) is 18.4 Å². The van der Waals surface area contributed by atoms with Crippen molar-refractivity contribution in [3.05, 3.63) is 11.3 Å². The fourth-order valence-corrected chi connectivity index (χ4v) is 3.04. The van der Waals surface area contributed by atoms with E-state index < -0.39 is 0 Å². The van der Waals surface area contributed by atoms with Gasteiger partial charge >= 0.3 is 0 Å². The molecule has 1 N–H and O–H groups in total. The maximum Gasteiger partial charge on any atom is 0.216 e. The molecule has 1 aromatic rings. The summed E-state index contributed by atoms with van der Waals surface area (Å²) in [4.78, 5) is 2.56. The zero-order valence-corrected chi connectivity index (χ0v) is 13.4. The summed E-state index contributed by atoms with van der Waals surface area (Å²) in [5, 5.41) is 7.98. The molecule has 2 rings (SSSR count). The van der Waals surface area contributed by atoms with Gasteiger partial charge in [-0.25, -0.2) is 4.68 Å². The average Bonchev–Trinajstić information content (AvgIpc) is 2.95. The largest absolute Gasteiger partial charge is 0.481 e. The van der Waals surface area contributed by atoms with Crippen LogP contribution in [-0.2, 0) is 13.6 Å². The molecule has 0 aliphatic carbocycles. The number of aryl methyl sites for hydroxylation is 2. The van der Waals surface area contributed by atoms with E-state index in [1.165, 1.54) is 25.1 Å². The predicted molar refractivity (Wildman–Crippen MR) is 81.0 cm³/mol. The first-order chi connectivity index (χ1) is 9.52. The van der Waals surface area contributed by atoms with Crippen LogP contribution in [0.25, 0.3) is 0 Å².